The second-order valence-electron chi connectivity index (χ2n) is 5.68. The summed E-state index contributed by atoms with van der Waals surface area (Å²) in [5.41, 5.74) is 2.81. The highest BCUT2D eigenvalue weighted by Crippen LogP contribution is 2.37. The van der Waals surface area contributed by atoms with E-state index in [1.165, 1.54) is 0 Å². The number of carbonyl (C=O) groups excluding carboxylic acids is 3. The zero-order valence-corrected chi connectivity index (χ0v) is 12.4. The standard InChI is InChI=1S/C16H18N2O4/c1-22-11-8-6-10(7-9-11)14(19)17-18-15(20)12-4-2-3-5-13(12)16(18)21/h6-9,12-13H,2-5H2,1H3,(H,17,19). The highest BCUT2D eigenvalue weighted by Gasteiger charge is 2.49. The Bertz CT molecular complexity index is 587. The number of carbonyl (C=O) groups is 3. The third-order valence-electron chi connectivity index (χ3n) is 4.41. The summed E-state index contributed by atoms with van der Waals surface area (Å²) in [6, 6.07) is 6.49. The van der Waals surface area contributed by atoms with E-state index in [4.69, 9.17) is 4.74 Å². The van der Waals surface area contributed by atoms with E-state index in [2.05, 4.69) is 5.43 Å². The molecule has 2 fully saturated rings. The van der Waals surface area contributed by atoms with Gasteiger partial charge in [0.05, 0.1) is 18.9 Å². The van der Waals surface area contributed by atoms with Gasteiger partial charge in [-0.2, -0.15) is 5.01 Å². The maximum atomic E-state index is 12.3. The Hall–Kier alpha value is -2.37. The molecule has 2 unspecified atom stereocenters. The third kappa shape index (κ3) is 2.45. The van der Waals surface area contributed by atoms with Crippen molar-refractivity contribution in [3.63, 3.8) is 0 Å². The number of amides is 3. The minimum Gasteiger partial charge on any atom is -0.497 e. The van der Waals surface area contributed by atoms with Gasteiger partial charge in [0.1, 0.15) is 5.75 Å². The first-order chi connectivity index (χ1) is 10.6. The molecular formula is C16H18N2O4. The summed E-state index contributed by atoms with van der Waals surface area (Å²) in [5, 5.41) is 0.910. The van der Waals surface area contributed by atoms with E-state index in [0.717, 1.165) is 30.7 Å². The van der Waals surface area contributed by atoms with Crippen LogP contribution in [-0.2, 0) is 9.59 Å². The molecule has 6 heteroatoms. The molecule has 1 aliphatic heterocycles. The lowest BCUT2D eigenvalue weighted by Crippen LogP contribution is -2.46. The van der Waals surface area contributed by atoms with Crippen molar-refractivity contribution in [2.45, 2.75) is 25.7 Å². The second-order valence-corrected chi connectivity index (χ2v) is 5.68. The van der Waals surface area contributed by atoms with Crippen LogP contribution >= 0.6 is 0 Å². The lowest BCUT2D eigenvalue weighted by Gasteiger charge is -2.19. The van der Waals surface area contributed by atoms with Crippen molar-refractivity contribution in [1.82, 2.24) is 10.4 Å². The normalized spacial score (nSPS) is 24.1. The maximum Gasteiger partial charge on any atom is 0.270 e. The SMILES string of the molecule is COc1ccc(C(=O)NN2C(=O)C3CCCCC3C2=O)cc1. The highest BCUT2D eigenvalue weighted by atomic mass is 16.5. The smallest absolute Gasteiger partial charge is 0.270 e. The van der Waals surface area contributed by atoms with Crippen LogP contribution in [0, 0.1) is 11.8 Å². The van der Waals surface area contributed by atoms with Crippen molar-refractivity contribution in [2.75, 3.05) is 7.11 Å². The second kappa shape index (κ2) is 5.79. The molecule has 1 aromatic carbocycles. The van der Waals surface area contributed by atoms with Crippen molar-refractivity contribution in [2.24, 2.45) is 11.8 Å². The fraction of sp³-hybridized carbons (Fsp3) is 0.438. The zero-order chi connectivity index (χ0) is 15.7. The molecule has 1 aliphatic carbocycles. The monoisotopic (exact) mass is 302 g/mol. The molecule has 0 aromatic heterocycles. The molecule has 3 amide bonds. The average molecular weight is 302 g/mol. The lowest BCUT2D eigenvalue weighted by molar-refractivity contribution is -0.142. The molecule has 0 spiro atoms. The third-order valence-corrected chi connectivity index (χ3v) is 4.41. The summed E-state index contributed by atoms with van der Waals surface area (Å²) < 4.78 is 5.03. The van der Waals surface area contributed by atoms with Crippen LogP contribution in [0.15, 0.2) is 24.3 Å². The van der Waals surface area contributed by atoms with Gasteiger partial charge in [0.2, 0.25) is 0 Å². The first-order valence-electron chi connectivity index (χ1n) is 7.44. The number of nitrogens with zero attached hydrogens (tertiary/aromatic N) is 1. The Morgan fingerprint density at radius 3 is 2.14 bits per heavy atom. The maximum absolute atomic E-state index is 12.3. The average Bonchev–Trinajstić information content (AvgIpc) is 2.80. The van der Waals surface area contributed by atoms with Crippen LogP contribution in [0.4, 0.5) is 0 Å². The van der Waals surface area contributed by atoms with Crippen molar-refractivity contribution >= 4 is 17.7 Å². The summed E-state index contributed by atoms with van der Waals surface area (Å²) in [7, 11) is 1.54. The van der Waals surface area contributed by atoms with Gasteiger partial charge in [-0.05, 0) is 37.1 Å². The number of nitrogens with one attached hydrogen (secondary N) is 1. The predicted octanol–water partition coefficient (Wildman–Crippen LogP) is 1.52. The van der Waals surface area contributed by atoms with E-state index in [9.17, 15) is 14.4 Å². The van der Waals surface area contributed by atoms with Gasteiger partial charge in [-0.25, -0.2) is 0 Å². The molecular weight excluding hydrogens is 284 g/mol. The van der Waals surface area contributed by atoms with Crippen LogP contribution in [-0.4, -0.2) is 29.8 Å². The first kappa shape index (κ1) is 14.6. The first-order valence-corrected chi connectivity index (χ1v) is 7.44. The molecule has 1 aromatic rings. The number of rotatable bonds is 3. The van der Waals surface area contributed by atoms with E-state index in [1.54, 1.807) is 31.4 Å². The van der Waals surface area contributed by atoms with Gasteiger partial charge in [-0.3, -0.25) is 19.8 Å². The molecule has 22 heavy (non-hydrogen) atoms. The molecule has 0 radical (unpaired) electrons. The molecule has 1 heterocycles. The van der Waals surface area contributed by atoms with E-state index in [-0.39, 0.29) is 23.7 Å². The summed E-state index contributed by atoms with van der Waals surface area (Å²) in [6.45, 7) is 0. The zero-order valence-electron chi connectivity index (χ0n) is 12.4. The number of hydrogen-bond donors (Lipinski definition) is 1. The van der Waals surface area contributed by atoms with Gasteiger partial charge >= 0.3 is 0 Å². The number of hydrazine groups is 1. The molecule has 6 nitrogen and oxygen atoms in total. The van der Waals surface area contributed by atoms with Crippen molar-refractivity contribution in [3.05, 3.63) is 29.8 Å². The summed E-state index contributed by atoms with van der Waals surface area (Å²) in [4.78, 5) is 36.8. The van der Waals surface area contributed by atoms with Crippen LogP contribution in [0.5, 0.6) is 5.75 Å². The molecule has 116 valence electrons. The van der Waals surface area contributed by atoms with E-state index < -0.39 is 5.91 Å². The van der Waals surface area contributed by atoms with Gasteiger partial charge < -0.3 is 4.74 Å². The largest absolute Gasteiger partial charge is 0.497 e. The number of ether oxygens (including phenoxy) is 1. The summed E-state index contributed by atoms with van der Waals surface area (Å²) in [5.74, 6) is -0.929. The number of fused-ring (bicyclic) bond motifs is 1. The summed E-state index contributed by atoms with van der Waals surface area (Å²) >= 11 is 0. The van der Waals surface area contributed by atoms with Gasteiger partial charge in [0.15, 0.2) is 0 Å². The van der Waals surface area contributed by atoms with Crippen LogP contribution in [0.2, 0.25) is 0 Å². The Morgan fingerprint density at radius 2 is 1.64 bits per heavy atom. The van der Waals surface area contributed by atoms with Gasteiger partial charge in [0, 0.05) is 5.56 Å². The highest BCUT2D eigenvalue weighted by molar-refractivity contribution is 6.07. The fourth-order valence-electron chi connectivity index (χ4n) is 3.18. The molecule has 1 N–H and O–H groups in total. The lowest BCUT2D eigenvalue weighted by atomic mass is 9.81. The Morgan fingerprint density at radius 1 is 1.09 bits per heavy atom. The van der Waals surface area contributed by atoms with E-state index >= 15 is 0 Å². The van der Waals surface area contributed by atoms with Gasteiger partial charge in [-0.1, -0.05) is 12.8 Å². The quantitative estimate of drug-likeness (QED) is 0.859. The number of imide groups is 1. The Labute approximate surface area is 128 Å². The number of benzene rings is 1. The van der Waals surface area contributed by atoms with Crippen LogP contribution in [0.3, 0.4) is 0 Å². The molecule has 2 aliphatic rings. The minimum atomic E-state index is -0.469. The van der Waals surface area contributed by atoms with Crippen LogP contribution < -0.4 is 10.2 Å². The summed E-state index contributed by atoms with van der Waals surface area (Å²) in [6.07, 6.45) is 3.37. The van der Waals surface area contributed by atoms with Crippen LogP contribution in [0.25, 0.3) is 0 Å². The van der Waals surface area contributed by atoms with Gasteiger partial charge in [0.25, 0.3) is 17.7 Å². The molecule has 1 saturated carbocycles. The Balaban J connectivity index is 1.73. The topological polar surface area (TPSA) is 75.7 Å². The number of methoxy groups -OCH3 is 1. The Kier molecular flexibility index (Phi) is 3.83. The fourth-order valence-corrected chi connectivity index (χ4v) is 3.18. The molecule has 0 bridgehead atoms. The van der Waals surface area contributed by atoms with Crippen LogP contribution in [0.1, 0.15) is 36.0 Å². The van der Waals surface area contributed by atoms with Gasteiger partial charge in [-0.15, -0.1) is 0 Å². The molecule has 2 atom stereocenters. The predicted molar refractivity (Wildman–Crippen MR) is 77.8 cm³/mol. The van der Waals surface area contributed by atoms with Crippen molar-refractivity contribution in [3.8, 4) is 5.75 Å². The van der Waals surface area contributed by atoms with Crippen molar-refractivity contribution < 1.29 is 19.1 Å². The molecule has 3 rings (SSSR count). The minimum absolute atomic E-state index is 0.266. The van der Waals surface area contributed by atoms with Crippen molar-refractivity contribution in [1.29, 1.82) is 0 Å². The van der Waals surface area contributed by atoms with E-state index in [1.807, 2.05) is 0 Å². The number of hydrogen-bond acceptors (Lipinski definition) is 4. The molecule has 1 saturated heterocycles. The van der Waals surface area contributed by atoms with E-state index in [0.29, 0.717) is 11.3 Å².